The lowest BCUT2D eigenvalue weighted by atomic mass is 9.89. The average molecular weight is 488 g/mol. The van der Waals surface area contributed by atoms with Crippen LogP contribution in [0, 0.1) is 10.1 Å². The molecule has 0 spiro atoms. The van der Waals surface area contributed by atoms with Crippen molar-refractivity contribution in [3.8, 4) is 0 Å². The van der Waals surface area contributed by atoms with Gasteiger partial charge in [0, 0.05) is 43.4 Å². The summed E-state index contributed by atoms with van der Waals surface area (Å²) < 4.78 is -1.07. The van der Waals surface area contributed by atoms with E-state index in [1.165, 1.54) is 43.0 Å². The zero-order valence-corrected chi connectivity index (χ0v) is 20.2. The van der Waals surface area contributed by atoms with Crippen LogP contribution in [0.25, 0.3) is 0 Å². The molecule has 1 N–H and O–H groups in total. The SMILES string of the molecule is CC(=O)C1=C(N(C)Cc2ccccc2)SC(C(=O)Nc2ccc([N+](=O)[O-])cc2)(c2ccccc2)C1. The largest absolute Gasteiger partial charge is 0.365 e. The van der Waals surface area contributed by atoms with Crippen molar-refractivity contribution in [1.82, 2.24) is 4.90 Å². The fourth-order valence-electron chi connectivity index (χ4n) is 4.12. The highest BCUT2D eigenvalue weighted by atomic mass is 32.2. The summed E-state index contributed by atoms with van der Waals surface area (Å²) >= 11 is 1.37. The summed E-state index contributed by atoms with van der Waals surface area (Å²) in [5.74, 6) is -0.363. The van der Waals surface area contributed by atoms with Gasteiger partial charge in [0.25, 0.3) is 5.69 Å². The molecule has 1 aliphatic rings. The zero-order valence-electron chi connectivity index (χ0n) is 19.4. The Kier molecular flexibility index (Phi) is 7.02. The third-order valence-electron chi connectivity index (χ3n) is 5.93. The van der Waals surface area contributed by atoms with Gasteiger partial charge in [0.1, 0.15) is 4.75 Å². The number of nitro benzene ring substituents is 1. The van der Waals surface area contributed by atoms with Crippen LogP contribution in [0.2, 0.25) is 0 Å². The first kappa shape index (κ1) is 24.2. The summed E-state index contributed by atoms with van der Waals surface area (Å²) in [4.78, 5) is 39.1. The molecule has 1 atom stereocenters. The second-order valence-corrected chi connectivity index (χ2v) is 9.70. The van der Waals surface area contributed by atoms with Crippen LogP contribution in [-0.2, 0) is 20.9 Å². The highest BCUT2D eigenvalue weighted by Crippen LogP contribution is 2.54. The number of thioether (sulfide) groups is 1. The Morgan fingerprint density at radius 2 is 1.60 bits per heavy atom. The molecule has 35 heavy (non-hydrogen) atoms. The highest BCUT2D eigenvalue weighted by molar-refractivity contribution is 8.05. The molecule has 0 saturated carbocycles. The maximum absolute atomic E-state index is 13.8. The molecule has 0 fully saturated rings. The van der Waals surface area contributed by atoms with Crippen molar-refractivity contribution in [1.29, 1.82) is 0 Å². The number of nitrogens with one attached hydrogen (secondary N) is 1. The molecule has 0 aromatic heterocycles. The predicted octanol–water partition coefficient (Wildman–Crippen LogP) is 5.50. The first-order valence-electron chi connectivity index (χ1n) is 11.1. The minimum atomic E-state index is -1.07. The molecular weight excluding hydrogens is 462 g/mol. The Labute approximate surface area is 208 Å². The molecule has 8 heteroatoms. The lowest BCUT2D eigenvalue weighted by Crippen LogP contribution is -2.36. The predicted molar refractivity (Wildman–Crippen MR) is 138 cm³/mol. The van der Waals surface area contributed by atoms with E-state index in [4.69, 9.17) is 0 Å². The number of amides is 1. The van der Waals surface area contributed by atoms with Gasteiger partial charge < -0.3 is 10.2 Å². The van der Waals surface area contributed by atoms with Crippen LogP contribution in [-0.4, -0.2) is 28.6 Å². The summed E-state index contributed by atoms with van der Waals surface area (Å²) in [5, 5.41) is 14.7. The Morgan fingerprint density at radius 3 is 2.17 bits per heavy atom. The number of carbonyl (C=O) groups excluding carboxylic acids is 2. The maximum atomic E-state index is 13.8. The molecule has 1 amide bonds. The summed E-state index contributed by atoms with van der Waals surface area (Å²) in [6, 6.07) is 25.1. The Hall–Kier alpha value is -3.91. The van der Waals surface area contributed by atoms with E-state index in [-0.39, 0.29) is 23.8 Å². The third kappa shape index (κ3) is 5.12. The minimum Gasteiger partial charge on any atom is -0.365 e. The van der Waals surface area contributed by atoms with E-state index in [1.807, 2.05) is 72.6 Å². The number of non-ortho nitro benzene ring substituents is 1. The van der Waals surface area contributed by atoms with Crippen molar-refractivity contribution in [2.75, 3.05) is 12.4 Å². The van der Waals surface area contributed by atoms with Gasteiger partial charge in [-0.25, -0.2) is 0 Å². The molecule has 1 heterocycles. The number of benzene rings is 3. The summed E-state index contributed by atoms with van der Waals surface area (Å²) in [6.07, 6.45) is 0.240. The number of allylic oxidation sites excluding steroid dienone is 1. The van der Waals surface area contributed by atoms with Gasteiger partial charge in [0.15, 0.2) is 5.78 Å². The summed E-state index contributed by atoms with van der Waals surface area (Å²) in [6.45, 7) is 2.12. The molecule has 3 aromatic rings. The van der Waals surface area contributed by atoms with Gasteiger partial charge in [-0.3, -0.25) is 19.7 Å². The molecule has 178 valence electrons. The molecule has 0 aliphatic carbocycles. The third-order valence-corrected chi connectivity index (χ3v) is 7.60. The van der Waals surface area contributed by atoms with Crippen LogP contribution in [0.15, 0.2) is 95.5 Å². The van der Waals surface area contributed by atoms with Gasteiger partial charge in [0.05, 0.1) is 9.95 Å². The number of rotatable bonds is 8. The van der Waals surface area contributed by atoms with E-state index in [1.54, 1.807) is 0 Å². The number of hydrogen-bond donors (Lipinski definition) is 1. The smallest absolute Gasteiger partial charge is 0.269 e. The Balaban J connectivity index is 1.68. The Morgan fingerprint density at radius 1 is 1.00 bits per heavy atom. The molecule has 1 aliphatic heterocycles. The van der Waals surface area contributed by atoms with Crippen molar-refractivity contribution in [3.05, 3.63) is 117 Å². The van der Waals surface area contributed by atoms with Crippen LogP contribution < -0.4 is 5.32 Å². The first-order valence-corrected chi connectivity index (χ1v) is 11.9. The molecule has 3 aromatic carbocycles. The molecule has 0 saturated heterocycles. The van der Waals surface area contributed by atoms with E-state index in [2.05, 4.69) is 5.32 Å². The fourth-order valence-corrected chi connectivity index (χ4v) is 5.63. The monoisotopic (exact) mass is 487 g/mol. The van der Waals surface area contributed by atoms with E-state index in [0.717, 1.165) is 16.2 Å². The molecule has 7 nitrogen and oxygen atoms in total. The van der Waals surface area contributed by atoms with Crippen molar-refractivity contribution in [2.45, 2.75) is 24.6 Å². The number of nitrogens with zero attached hydrogens (tertiary/aromatic N) is 2. The molecule has 0 radical (unpaired) electrons. The van der Waals surface area contributed by atoms with Crippen molar-refractivity contribution in [3.63, 3.8) is 0 Å². The number of Topliss-reactive ketones (excluding diaryl/α,β-unsaturated/α-hetero) is 1. The van der Waals surface area contributed by atoms with Crippen LogP contribution >= 0.6 is 11.8 Å². The van der Waals surface area contributed by atoms with Gasteiger partial charge in [-0.15, -0.1) is 0 Å². The van der Waals surface area contributed by atoms with Crippen molar-refractivity contribution >= 4 is 34.8 Å². The second kappa shape index (κ2) is 10.1. The standard InChI is InChI=1S/C27H25N3O4S/c1-19(31)24-17-27(21-11-7-4-8-12-21,26(32)28-22-13-15-23(16-14-22)30(33)34)35-25(24)29(2)18-20-9-5-3-6-10-20/h3-16H,17-18H2,1-2H3,(H,28,32). The lowest BCUT2D eigenvalue weighted by molar-refractivity contribution is -0.384. The average Bonchev–Trinajstić information content (AvgIpc) is 3.28. The number of ketones is 1. The van der Waals surface area contributed by atoms with Crippen LogP contribution in [0.1, 0.15) is 24.5 Å². The molecule has 1 unspecified atom stereocenters. The topological polar surface area (TPSA) is 92.6 Å². The first-order chi connectivity index (χ1) is 16.8. The quantitative estimate of drug-likeness (QED) is 0.333. The number of carbonyl (C=O) groups is 2. The Bertz CT molecular complexity index is 1280. The van der Waals surface area contributed by atoms with E-state index in [0.29, 0.717) is 17.8 Å². The van der Waals surface area contributed by atoms with E-state index < -0.39 is 9.67 Å². The number of anilines is 1. The molecule has 4 rings (SSSR count). The van der Waals surface area contributed by atoms with Crippen LogP contribution in [0.4, 0.5) is 11.4 Å². The van der Waals surface area contributed by atoms with Crippen LogP contribution in [0.5, 0.6) is 0 Å². The maximum Gasteiger partial charge on any atom is 0.269 e. The fraction of sp³-hybridized carbons (Fsp3) is 0.185. The zero-order chi connectivity index (χ0) is 25.0. The lowest BCUT2D eigenvalue weighted by Gasteiger charge is -2.30. The minimum absolute atomic E-state index is 0.0543. The normalized spacial score (nSPS) is 17.2. The summed E-state index contributed by atoms with van der Waals surface area (Å²) in [7, 11) is 1.92. The highest BCUT2D eigenvalue weighted by Gasteiger charge is 2.49. The van der Waals surface area contributed by atoms with Gasteiger partial charge in [0.2, 0.25) is 5.91 Å². The van der Waals surface area contributed by atoms with Crippen LogP contribution in [0.3, 0.4) is 0 Å². The van der Waals surface area contributed by atoms with Crippen molar-refractivity contribution in [2.24, 2.45) is 0 Å². The molecule has 0 bridgehead atoms. The molecular formula is C27H25N3O4S. The van der Waals surface area contributed by atoms with Crippen molar-refractivity contribution < 1.29 is 14.5 Å². The van der Waals surface area contributed by atoms with Gasteiger partial charge >= 0.3 is 0 Å². The van der Waals surface area contributed by atoms with Gasteiger partial charge in [-0.05, 0) is 30.2 Å². The second-order valence-electron chi connectivity index (χ2n) is 8.41. The number of nitro groups is 1. The number of hydrogen-bond acceptors (Lipinski definition) is 6. The van der Waals surface area contributed by atoms with Gasteiger partial charge in [-0.1, -0.05) is 72.4 Å². The van der Waals surface area contributed by atoms with Gasteiger partial charge in [-0.2, -0.15) is 0 Å². The van der Waals surface area contributed by atoms with E-state index >= 15 is 0 Å². The van der Waals surface area contributed by atoms with E-state index in [9.17, 15) is 19.7 Å². The summed E-state index contributed by atoms with van der Waals surface area (Å²) in [5.41, 5.74) is 2.88.